The molecule has 0 spiro atoms. The number of nitrogens with zero attached hydrogens (tertiary/aromatic N) is 4. The van der Waals surface area contributed by atoms with Gasteiger partial charge in [-0.25, -0.2) is 8.78 Å². The molecule has 1 aliphatic rings. The molecule has 1 aromatic carbocycles. The lowest BCUT2D eigenvalue weighted by Gasteiger charge is -2.14. The first-order valence-electron chi connectivity index (χ1n) is 10.4. The van der Waals surface area contributed by atoms with Crippen LogP contribution < -0.4 is 10.9 Å². The van der Waals surface area contributed by atoms with Crippen LogP contribution in [0.1, 0.15) is 28.9 Å². The van der Waals surface area contributed by atoms with E-state index in [0.29, 0.717) is 22.0 Å². The first-order chi connectivity index (χ1) is 15.8. The van der Waals surface area contributed by atoms with E-state index in [1.807, 2.05) is 0 Å². The third-order valence-electron chi connectivity index (χ3n) is 5.75. The molecule has 33 heavy (non-hydrogen) atoms. The third kappa shape index (κ3) is 3.75. The molecule has 5 rings (SSSR count). The average Bonchev–Trinajstić information content (AvgIpc) is 3.60. The number of amides is 1. The highest BCUT2D eigenvalue weighted by molar-refractivity contribution is 5.96. The molecule has 1 saturated carbocycles. The summed E-state index contributed by atoms with van der Waals surface area (Å²) in [4.78, 5) is 30.1. The number of hydrogen-bond donors (Lipinski definition) is 1. The van der Waals surface area contributed by atoms with Crippen molar-refractivity contribution in [2.75, 3.05) is 0 Å². The van der Waals surface area contributed by atoms with Crippen LogP contribution in [0.5, 0.6) is 0 Å². The highest BCUT2D eigenvalue weighted by atomic mass is 19.1. The molecule has 166 valence electrons. The van der Waals surface area contributed by atoms with Crippen molar-refractivity contribution < 1.29 is 13.6 Å². The van der Waals surface area contributed by atoms with E-state index in [-0.39, 0.29) is 34.5 Å². The summed E-state index contributed by atoms with van der Waals surface area (Å²) in [5.74, 6) is -1.80. The van der Waals surface area contributed by atoms with E-state index in [1.165, 1.54) is 16.8 Å². The molecule has 7 nitrogen and oxygen atoms in total. The number of rotatable bonds is 4. The number of aryl methyl sites for hydroxylation is 2. The molecular formula is C24H19F2N5O2. The smallest absolute Gasteiger partial charge is 0.270 e. The molecule has 0 bridgehead atoms. The summed E-state index contributed by atoms with van der Waals surface area (Å²) in [5.41, 5.74) is 2.05. The monoisotopic (exact) mass is 447 g/mol. The number of halogens is 2. The van der Waals surface area contributed by atoms with Gasteiger partial charge in [-0.05, 0) is 55.2 Å². The summed E-state index contributed by atoms with van der Waals surface area (Å²) in [5, 5.41) is 11.4. The predicted molar refractivity (Wildman–Crippen MR) is 119 cm³/mol. The number of aromatic nitrogens is 4. The molecule has 3 aromatic heterocycles. The normalized spacial score (nSPS) is 13.3. The minimum absolute atomic E-state index is 0.0383. The van der Waals surface area contributed by atoms with Crippen LogP contribution in [0.15, 0.2) is 47.5 Å². The van der Waals surface area contributed by atoms with Gasteiger partial charge in [0.25, 0.3) is 11.5 Å². The third-order valence-corrected chi connectivity index (χ3v) is 5.75. The van der Waals surface area contributed by atoms with E-state index >= 15 is 0 Å². The second kappa shape index (κ2) is 7.84. The summed E-state index contributed by atoms with van der Waals surface area (Å²) in [6, 6.07) is 6.58. The molecule has 1 amide bonds. The Labute approximate surface area is 187 Å². The number of nitrogens with one attached hydrogen (secondary N) is 1. The van der Waals surface area contributed by atoms with Crippen molar-refractivity contribution >= 4 is 16.8 Å². The second-order valence-electron chi connectivity index (χ2n) is 8.18. The van der Waals surface area contributed by atoms with Gasteiger partial charge in [0.2, 0.25) is 0 Å². The Balaban J connectivity index is 1.68. The molecular weight excluding hydrogens is 428 g/mol. The number of pyridine rings is 2. The SMILES string of the molecule is Cc1cnc(C(=O)NC2CC2)cc1-c1cc2cnnc(-c3ccc(F)cc3F)c2n(C)c1=O. The Morgan fingerprint density at radius 1 is 1.09 bits per heavy atom. The van der Waals surface area contributed by atoms with Gasteiger partial charge in [-0.2, -0.15) is 5.10 Å². The summed E-state index contributed by atoms with van der Waals surface area (Å²) in [7, 11) is 1.55. The quantitative estimate of drug-likeness (QED) is 0.517. The van der Waals surface area contributed by atoms with Crippen molar-refractivity contribution in [3.8, 4) is 22.4 Å². The summed E-state index contributed by atoms with van der Waals surface area (Å²) in [6.45, 7) is 1.80. The van der Waals surface area contributed by atoms with Crippen LogP contribution in [0.3, 0.4) is 0 Å². The molecule has 4 aromatic rings. The van der Waals surface area contributed by atoms with Gasteiger partial charge in [0.05, 0.1) is 11.7 Å². The standard InChI is InChI=1S/C24H19F2N5O2/c1-12-10-27-20(23(32)29-15-4-5-15)9-17(12)18-7-13-11-28-30-21(22(13)31(2)24(18)33)16-6-3-14(25)8-19(16)26/h3,6-11,15H,4-5H2,1-2H3,(H,29,32). The Hall–Kier alpha value is -4.01. The number of fused-ring (bicyclic) bond motifs is 1. The lowest BCUT2D eigenvalue weighted by molar-refractivity contribution is 0.0946. The minimum atomic E-state index is -0.801. The molecule has 0 saturated heterocycles. The molecule has 0 radical (unpaired) electrons. The van der Waals surface area contributed by atoms with Crippen LogP contribution >= 0.6 is 0 Å². The Bertz CT molecular complexity index is 1490. The number of hydrogen-bond acceptors (Lipinski definition) is 5. The van der Waals surface area contributed by atoms with Gasteiger partial charge in [-0.1, -0.05) is 0 Å². The van der Waals surface area contributed by atoms with Crippen molar-refractivity contribution in [3.05, 3.63) is 76.0 Å². The van der Waals surface area contributed by atoms with Crippen LogP contribution in [0.4, 0.5) is 8.78 Å². The van der Waals surface area contributed by atoms with Crippen molar-refractivity contribution in [1.29, 1.82) is 0 Å². The molecule has 1 N–H and O–H groups in total. The maximum Gasteiger partial charge on any atom is 0.270 e. The van der Waals surface area contributed by atoms with E-state index in [4.69, 9.17) is 0 Å². The minimum Gasteiger partial charge on any atom is -0.348 e. The molecule has 9 heteroatoms. The molecule has 1 aliphatic carbocycles. The van der Waals surface area contributed by atoms with Crippen molar-refractivity contribution in [3.63, 3.8) is 0 Å². The van der Waals surface area contributed by atoms with E-state index in [2.05, 4.69) is 20.5 Å². The topological polar surface area (TPSA) is 89.8 Å². The average molecular weight is 447 g/mol. The highest BCUT2D eigenvalue weighted by Gasteiger charge is 2.25. The van der Waals surface area contributed by atoms with E-state index in [0.717, 1.165) is 30.5 Å². The summed E-state index contributed by atoms with van der Waals surface area (Å²) >= 11 is 0. The number of benzene rings is 1. The maximum absolute atomic E-state index is 14.5. The number of carbonyl (C=O) groups excluding carboxylic acids is 1. The predicted octanol–water partition coefficient (Wildman–Crippen LogP) is 3.54. The molecule has 0 aliphatic heterocycles. The van der Waals surface area contributed by atoms with E-state index in [1.54, 1.807) is 32.3 Å². The fraction of sp³-hybridized carbons (Fsp3) is 0.208. The molecule has 3 heterocycles. The fourth-order valence-corrected chi connectivity index (χ4v) is 3.83. The summed E-state index contributed by atoms with van der Waals surface area (Å²) < 4.78 is 29.2. The largest absolute Gasteiger partial charge is 0.348 e. The molecule has 1 fully saturated rings. The Kier molecular flexibility index (Phi) is 4.96. The van der Waals surface area contributed by atoms with Gasteiger partial charge in [-0.3, -0.25) is 14.6 Å². The van der Waals surface area contributed by atoms with Gasteiger partial charge in [0.1, 0.15) is 23.0 Å². The van der Waals surface area contributed by atoms with Gasteiger partial charge in [0.15, 0.2) is 0 Å². The lowest BCUT2D eigenvalue weighted by atomic mass is 10.00. The number of carbonyl (C=O) groups is 1. The van der Waals surface area contributed by atoms with Crippen molar-refractivity contribution in [2.24, 2.45) is 7.05 Å². The van der Waals surface area contributed by atoms with Gasteiger partial charge in [0, 0.05) is 41.9 Å². The molecule has 0 unspecified atom stereocenters. The van der Waals surface area contributed by atoms with Crippen LogP contribution in [0, 0.1) is 18.6 Å². The zero-order valence-electron chi connectivity index (χ0n) is 17.9. The maximum atomic E-state index is 14.5. The van der Waals surface area contributed by atoms with Crippen LogP contribution in [-0.4, -0.2) is 31.7 Å². The van der Waals surface area contributed by atoms with Crippen molar-refractivity contribution in [2.45, 2.75) is 25.8 Å². The van der Waals surface area contributed by atoms with Gasteiger partial charge >= 0.3 is 0 Å². The van der Waals surface area contributed by atoms with E-state index in [9.17, 15) is 18.4 Å². The highest BCUT2D eigenvalue weighted by Crippen LogP contribution is 2.30. The fourth-order valence-electron chi connectivity index (χ4n) is 3.83. The second-order valence-corrected chi connectivity index (χ2v) is 8.18. The lowest BCUT2D eigenvalue weighted by Crippen LogP contribution is -2.26. The van der Waals surface area contributed by atoms with Crippen LogP contribution in [0.25, 0.3) is 33.3 Å². The zero-order valence-corrected chi connectivity index (χ0v) is 17.9. The van der Waals surface area contributed by atoms with Gasteiger partial charge < -0.3 is 9.88 Å². The van der Waals surface area contributed by atoms with E-state index < -0.39 is 11.6 Å². The van der Waals surface area contributed by atoms with Crippen LogP contribution in [-0.2, 0) is 7.05 Å². The first kappa shape index (κ1) is 20.9. The zero-order chi connectivity index (χ0) is 23.3. The summed E-state index contributed by atoms with van der Waals surface area (Å²) in [6.07, 6.45) is 4.94. The van der Waals surface area contributed by atoms with Gasteiger partial charge in [-0.15, -0.1) is 5.10 Å². The van der Waals surface area contributed by atoms with Crippen molar-refractivity contribution in [1.82, 2.24) is 25.1 Å². The first-order valence-corrected chi connectivity index (χ1v) is 10.4. The Morgan fingerprint density at radius 3 is 2.61 bits per heavy atom. The Morgan fingerprint density at radius 2 is 1.88 bits per heavy atom. The molecule has 0 atom stereocenters. The van der Waals surface area contributed by atoms with Crippen LogP contribution in [0.2, 0.25) is 0 Å².